The zero-order valence-electron chi connectivity index (χ0n) is 10.7. The van der Waals surface area contributed by atoms with Crippen LogP contribution in [0.25, 0.3) is 0 Å². The highest BCUT2D eigenvalue weighted by Crippen LogP contribution is 2.37. The standard InChI is InChI=1S/C14H25NO/c1-3-9-15-14(13-8-5-10-16-13)12-7-4-6-11(12)2/h8,11-12,14-15H,3-7,9-10H2,1-2H3. The molecule has 0 aromatic rings. The van der Waals surface area contributed by atoms with E-state index in [4.69, 9.17) is 4.74 Å². The number of rotatable bonds is 5. The maximum Gasteiger partial charge on any atom is 0.109 e. The molecule has 1 fully saturated rings. The van der Waals surface area contributed by atoms with Crippen LogP contribution in [-0.4, -0.2) is 19.2 Å². The van der Waals surface area contributed by atoms with E-state index in [2.05, 4.69) is 25.2 Å². The number of nitrogens with one attached hydrogen (secondary N) is 1. The molecule has 3 atom stereocenters. The fourth-order valence-corrected chi connectivity index (χ4v) is 3.09. The Morgan fingerprint density at radius 1 is 1.50 bits per heavy atom. The van der Waals surface area contributed by atoms with Crippen molar-refractivity contribution >= 4 is 0 Å². The van der Waals surface area contributed by atoms with E-state index in [-0.39, 0.29) is 0 Å². The fraction of sp³-hybridized carbons (Fsp3) is 0.857. The van der Waals surface area contributed by atoms with Crippen molar-refractivity contribution in [3.8, 4) is 0 Å². The van der Waals surface area contributed by atoms with Crippen molar-refractivity contribution in [3.63, 3.8) is 0 Å². The van der Waals surface area contributed by atoms with E-state index in [1.54, 1.807) is 0 Å². The van der Waals surface area contributed by atoms with E-state index in [9.17, 15) is 0 Å². The molecule has 0 aromatic heterocycles. The van der Waals surface area contributed by atoms with Gasteiger partial charge in [0.25, 0.3) is 0 Å². The summed E-state index contributed by atoms with van der Waals surface area (Å²) in [5.41, 5.74) is 0. The highest BCUT2D eigenvalue weighted by molar-refractivity contribution is 5.10. The molecule has 0 bridgehead atoms. The summed E-state index contributed by atoms with van der Waals surface area (Å²) >= 11 is 0. The second-order valence-corrected chi connectivity index (χ2v) is 5.25. The molecule has 0 amide bonds. The van der Waals surface area contributed by atoms with Crippen molar-refractivity contribution in [2.45, 2.75) is 52.0 Å². The van der Waals surface area contributed by atoms with Crippen molar-refractivity contribution in [1.29, 1.82) is 0 Å². The van der Waals surface area contributed by atoms with E-state index in [0.29, 0.717) is 6.04 Å². The smallest absolute Gasteiger partial charge is 0.109 e. The van der Waals surface area contributed by atoms with Gasteiger partial charge in [-0.2, -0.15) is 0 Å². The molecular weight excluding hydrogens is 198 g/mol. The van der Waals surface area contributed by atoms with E-state index >= 15 is 0 Å². The lowest BCUT2D eigenvalue weighted by Gasteiger charge is -2.28. The Bertz CT molecular complexity index is 249. The third kappa shape index (κ3) is 2.60. The van der Waals surface area contributed by atoms with Crippen LogP contribution in [0.1, 0.15) is 46.0 Å². The van der Waals surface area contributed by atoms with Crippen LogP contribution < -0.4 is 5.32 Å². The lowest BCUT2D eigenvalue weighted by atomic mass is 9.89. The van der Waals surface area contributed by atoms with Crippen LogP contribution in [0.3, 0.4) is 0 Å². The molecule has 2 rings (SSSR count). The minimum atomic E-state index is 0.486. The van der Waals surface area contributed by atoms with Crippen LogP contribution in [0, 0.1) is 11.8 Å². The Hall–Kier alpha value is -0.500. The van der Waals surface area contributed by atoms with Gasteiger partial charge in [-0.3, -0.25) is 0 Å². The van der Waals surface area contributed by atoms with E-state index < -0.39 is 0 Å². The maximum absolute atomic E-state index is 5.77. The van der Waals surface area contributed by atoms with E-state index in [0.717, 1.165) is 31.4 Å². The molecule has 1 heterocycles. The third-order valence-corrected chi connectivity index (χ3v) is 4.01. The molecule has 2 aliphatic rings. The second kappa shape index (κ2) is 5.72. The quantitative estimate of drug-likeness (QED) is 0.773. The van der Waals surface area contributed by atoms with Crippen LogP contribution in [0.15, 0.2) is 11.8 Å². The van der Waals surface area contributed by atoms with E-state index in [1.807, 2.05) is 0 Å². The summed E-state index contributed by atoms with van der Waals surface area (Å²) in [5, 5.41) is 3.69. The normalized spacial score (nSPS) is 31.2. The van der Waals surface area contributed by atoms with Crippen molar-refractivity contribution in [2.75, 3.05) is 13.2 Å². The molecule has 2 nitrogen and oxygen atoms in total. The predicted molar refractivity (Wildman–Crippen MR) is 67.2 cm³/mol. The monoisotopic (exact) mass is 223 g/mol. The predicted octanol–water partition coefficient (Wildman–Crippen LogP) is 3.10. The summed E-state index contributed by atoms with van der Waals surface area (Å²) < 4.78 is 5.77. The first kappa shape index (κ1) is 12.0. The molecule has 2 heteroatoms. The highest BCUT2D eigenvalue weighted by Gasteiger charge is 2.34. The summed E-state index contributed by atoms with van der Waals surface area (Å²) in [5.74, 6) is 2.86. The minimum Gasteiger partial charge on any atom is -0.496 e. The Balaban J connectivity index is 2.01. The van der Waals surface area contributed by atoms with Gasteiger partial charge in [-0.1, -0.05) is 26.7 Å². The molecule has 1 aliphatic heterocycles. The van der Waals surface area contributed by atoms with Crippen LogP contribution >= 0.6 is 0 Å². The first-order chi connectivity index (χ1) is 7.83. The summed E-state index contributed by atoms with van der Waals surface area (Å²) in [7, 11) is 0. The maximum atomic E-state index is 5.77. The Morgan fingerprint density at radius 2 is 2.38 bits per heavy atom. The molecule has 1 N–H and O–H groups in total. The lowest BCUT2D eigenvalue weighted by Crippen LogP contribution is -2.39. The van der Waals surface area contributed by atoms with Gasteiger partial charge in [0.1, 0.15) is 5.76 Å². The van der Waals surface area contributed by atoms with Crippen LogP contribution in [0.2, 0.25) is 0 Å². The van der Waals surface area contributed by atoms with Gasteiger partial charge in [0.2, 0.25) is 0 Å². The molecule has 16 heavy (non-hydrogen) atoms. The third-order valence-electron chi connectivity index (χ3n) is 4.01. The molecule has 0 saturated heterocycles. The first-order valence-corrected chi connectivity index (χ1v) is 6.89. The fourth-order valence-electron chi connectivity index (χ4n) is 3.09. The SMILES string of the molecule is CCCNC(C1=CCCO1)C1CCCC1C. The Labute approximate surface area is 99.4 Å². The van der Waals surface area contributed by atoms with Crippen molar-refractivity contribution in [3.05, 3.63) is 11.8 Å². The number of hydrogen-bond acceptors (Lipinski definition) is 2. The van der Waals surface area contributed by atoms with Gasteiger partial charge in [0.05, 0.1) is 12.6 Å². The number of ether oxygens (including phenoxy) is 1. The van der Waals surface area contributed by atoms with Crippen LogP contribution in [-0.2, 0) is 4.74 Å². The largest absolute Gasteiger partial charge is 0.496 e. The van der Waals surface area contributed by atoms with Crippen molar-refractivity contribution in [1.82, 2.24) is 5.32 Å². The van der Waals surface area contributed by atoms with Gasteiger partial charge in [-0.15, -0.1) is 0 Å². The Kier molecular flexibility index (Phi) is 4.28. The van der Waals surface area contributed by atoms with Gasteiger partial charge < -0.3 is 10.1 Å². The molecule has 0 radical (unpaired) electrons. The molecule has 1 saturated carbocycles. The lowest BCUT2D eigenvalue weighted by molar-refractivity contribution is 0.181. The molecular formula is C14H25NO. The van der Waals surface area contributed by atoms with Crippen LogP contribution in [0.5, 0.6) is 0 Å². The minimum absolute atomic E-state index is 0.486. The molecule has 0 spiro atoms. The van der Waals surface area contributed by atoms with Crippen molar-refractivity contribution in [2.24, 2.45) is 11.8 Å². The second-order valence-electron chi connectivity index (χ2n) is 5.25. The van der Waals surface area contributed by atoms with E-state index in [1.165, 1.54) is 31.4 Å². The molecule has 3 unspecified atom stereocenters. The zero-order valence-corrected chi connectivity index (χ0v) is 10.7. The van der Waals surface area contributed by atoms with Gasteiger partial charge in [0, 0.05) is 6.42 Å². The summed E-state index contributed by atoms with van der Waals surface area (Å²) in [6.07, 6.45) is 8.74. The first-order valence-electron chi connectivity index (χ1n) is 6.89. The Morgan fingerprint density at radius 3 is 2.94 bits per heavy atom. The molecule has 1 aliphatic carbocycles. The van der Waals surface area contributed by atoms with Gasteiger partial charge in [-0.25, -0.2) is 0 Å². The van der Waals surface area contributed by atoms with Crippen LogP contribution in [0.4, 0.5) is 0 Å². The molecule has 0 aromatic carbocycles. The van der Waals surface area contributed by atoms with Crippen molar-refractivity contribution < 1.29 is 4.74 Å². The average Bonchev–Trinajstić information content (AvgIpc) is 2.91. The van der Waals surface area contributed by atoms with Gasteiger partial charge in [0.15, 0.2) is 0 Å². The molecule has 92 valence electrons. The van der Waals surface area contributed by atoms with Gasteiger partial charge in [-0.05, 0) is 37.3 Å². The summed E-state index contributed by atoms with van der Waals surface area (Å²) in [6.45, 7) is 6.62. The summed E-state index contributed by atoms with van der Waals surface area (Å²) in [6, 6.07) is 0.486. The van der Waals surface area contributed by atoms with Gasteiger partial charge >= 0.3 is 0 Å². The number of hydrogen-bond donors (Lipinski definition) is 1. The summed E-state index contributed by atoms with van der Waals surface area (Å²) in [4.78, 5) is 0. The average molecular weight is 223 g/mol. The zero-order chi connectivity index (χ0) is 11.4. The topological polar surface area (TPSA) is 21.3 Å². The highest BCUT2D eigenvalue weighted by atomic mass is 16.5.